The lowest BCUT2D eigenvalue weighted by Gasteiger charge is -1.96. The number of rotatable bonds is 1. The Morgan fingerprint density at radius 3 is 1.29 bits per heavy atom. The third-order valence-electron chi connectivity index (χ3n) is 1.32. The molecule has 2 heterocycles. The lowest BCUT2D eigenvalue weighted by molar-refractivity contribution is 1.05. The molecule has 21 heavy (non-hydrogen) atoms. The average Bonchev–Trinajstić information content (AvgIpc) is 2.37. The largest absolute Gasteiger partial charge is 0.357 e. The van der Waals surface area contributed by atoms with Crippen LogP contribution in [0.15, 0.2) is 0 Å². The molecule has 0 bridgehead atoms. The molecule has 0 radical (unpaired) electrons. The molecule has 0 aliphatic rings. The van der Waals surface area contributed by atoms with E-state index in [-0.39, 0.29) is 32.4 Å². The normalized spacial score (nSPS) is 10.2. The Balaban J connectivity index is 0.000000365. The second-order valence-corrected chi connectivity index (χ2v) is 4.23. The molecule has 0 atom stereocenters. The van der Waals surface area contributed by atoms with Gasteiger partial charge in [0.15, 0.2) is 1.41 Å². The molecule has 8 nitrogen and oxygen atoms in total. The van der Waals surface area contributed by atoms with E-state index in [0.29, 0.717) is 0 Å². The van der Waals surface area contributed by atoms with Crippen LogP contribution in [0.4, 0.5) is 5.95 Å². The van der Waals surface area contributed by atoms with E-state index in [9.17, 15) is 0 Å². The minimum atomic E-state index is -0.0147. The van der Waals surface area contributed by atoms with Crippen LogP contribution in [0.25, 0.3) is 0 Å². The maximum absolute atomic E-state index is 7.08. The molecular weight excluding hydrogens is 385 g/mol. The van der Waals surface area contributed by atoms with Crippen molar-refractivity contribution >= 4 is 64.0 Å². The maximum Gasteiger partial charge on any atom is 0.228 e. The molecule has 0 saturated heterocycles. The molecule has 0 saturated carbocycles. The van der Waals surface area contributed by atoms with E-state index >= 15 is 0 Å². The molecule has 0 unspecified atom stereocenters. The van der Waals surface area contributed by atoms with Gasteiger partial charge in [0.1, 0.15) is 1.41 Å². The predicted molar refractivity (Wildman–Crippen MR) is 84.4 cm³/mol. The summed E-state index contributed by atoms with van der Waals surface area (Å²) in [5.41, 5.74) is 2.00. The predicted octanol–water partition coefficient (Wildman–Crippen LogP) is 2.63. The minimum absolute atomic E-state index is 0.000000000000000444. The minimum Gasteiger partial charge on any atom is -0.357 e. The van der Waals surface area contributed by atoms with Crippen LogP contribution >= 0.6 is 58.0 Å². The first-order chi connectivity index (χ1) is 10.7. The van der Waals surface area contributed by atoms with Crippen molar-refractivity contribution in [1.29, 1.82) is 0 Å². The molecule has 2 rings (SSSR count). The Morgan fingerprint density at radius 1 is 0.810 bits per heavy atom. The monoisotopic (exact) mass is 394 g/mol. The number of nitrogens with two attached hydrogens (primary N) is 1. The van der Waals surface area contributed by atoms with Gasteiger partial charge in [-0.3, -0.25) is 0 Å². The molecule has 0 aliphatic carbocycles. The Hall–Kier alpha value is -0.770. The highest BCUT2D eigenvalue weighted by atomic mass is 35.5. The number of anilines is 1. The van der Waals surface area contributed by atoms with E-state index in [1.807, 2.05) is 5.73 Å². The molecule has 2 aromatic rings. The van der Waals surface area contributed by atoms with E-state index in [1.165, 1.54) is 7.05 Å². The molecular formula is C8H9Cl5N8. The Labute approximate surface area is 148 Å². The quantitative estimate of drug-likeness (QED) is 0.756. The molecule has 13 heteroatoms. The molecule has 0 spiro atoms. The highest BCUT2D eigenvalue weighted by molar-refractivity contribution is 6.33. The van der Waals surface area contributed by atoms with Crippen molar-refractivity contribution in [3.63, 3.8) is 0 Å². The molecule has 116 valence electrons. The van der Waals surface area contributed by atoms with Crippen LogP contribution in [0.5, 0.6) is 0 Å². The van der Waals surface area contributed by atoms with Gasteiger partial charge in [-0.2, -0.15) is 29.9 Å². The first-order valence-corrected chi connectivity index (χ1v) is 6.69. The Kier molecular flexibility index (Phi) is 8.60. The van der Waals surface area contributed by atoms with Crippen molar-refractivity contribution in [2.75, 3.05) is 19.4 Å². The average molecular weight is 396 g/mol. The zero-order chi connectivity index (χ0) is 18.0. The number of halogens is 5. The van der Waals surface area contributed by atoms with Gasteiger partial charge in [0, 0.05) is 7.05 Å². The van der Waals surface area contributed by atoms with E-state index < -0.39 is 0 Å². The highest BCUT2D eigenvalue weighted by Crippen LogP contribution is 2.09. The molecule has 0 amide bonds. The zero-order valence-corrected chi connectivity index (χ0v) is 14.3. The summed E-state index contributed by atoms with van der Waals surface area (Å²) in [5.74, 6) is 0.120. The third-order valence-corrected chi connectivity index (χ3v) is 2.17. The van der Waals surface area contributed by atoms with Gasteiger partial charge >= 0.3 is 0 Å². The van der Waals surface area contributed by atoms with Crippen LogP contribution < -0.4 is 11.0 Å². The zero-order valence-electron chi connectivity index (χ0n) is 12.5. The van der Waals surface area contributed by atoms with Crippen molar-refractivity contribution < 1.29 is 2.82 Å². The van der Waals surface area contributed by atoms with Crippen molar-refractivity contribution in [2.24, 2.45) is 5.73 Å². The fourth-order valence-corrected chi connectivity index (χ4v) is 1.68. The number of aromatic nitrogens is 6. The number of hydrogen-bond donors (Lipinski definition) is 2. The van der Waals surface area contributed by atoms with E-state index in [1.54, 1.807) is 7.05 Å². The van der Waals surface area contributed by atoms with Gasteiger partial charge in [-0.05, 0) is 65.1 Å². The maximum atomic E-state index is 7.08. The lowest BCUT2D eigenvalue weighted by atomic mass is 10.9. The van der Waals surface area contributed by atoms with Gasteiger partial charge in [0.2, 0.25) is 32.4 Å². The summed E-state index contributed by atoms with van der Waals surface area (Å²) in [6.45, 7) is 0. The van der Waals surface area contributed by atoms with Crippen molar-refractivity contribution in [1.82, 2.24) is 29.9 Å². The summed E-state index contributed by atoms with van der Waals surface area (Å²) >= 11 is 26.8. The van der Waals surface area contributed by atoms with Gasteiger partial charge in [0.05, 0.1) is 0 Å². The Morgan fingerprint density at radius 2 is 1.05 bits per heavy atom. The van der Waals surface area contributed by atoms with Gasteiger partial charge in [-0.25, -0.2) is 0 Å². The van der Waals surface area contributed by atoms with Crippen LogP contribution in [0.3, 0.4) is 0 Å². The topological polar surface area (TPSA) is 115 Å². The summed E-state index contributed by atoms with van der Waals surface area (Å²) in [6, 6.07) is 0. The van der Waals surface area contributed by atoms with Crippen LogP contribution in [0, 0.1) is 0 Å². The highest BCUT2D eigenvalue weighted by Gasteiger charge is 1.99. The fourth-order valence-electron chi connectivity index (χ4n) is 0.720. The second kappa shape index (κ2) is 10.9. The summed E-state index contributed by atoms with van der Waals surface area (Å²) < 4.78 is 13.0. The summed E-state index contributed by atoms with van der Waals surface area (Å²) in [4.78, 5) is 21.2. The van der Waals surface area contributed by atoms with Gasteiger partial charge in [-0.1, -0.05) is 0 Å². The number of nitrogens with zero attached hydrogens (tertiary/aromatic N) is 6. The number of hydrogen-bond acceptors (Lipinski definition) is 8. The lowest BCUT2D eigenvalue weighted by Crippen LogP contribution is -1.98. The van der Waals surface area contributed by atoms with Crippen LogP contribution in [0.1, 0.15) is 0 Å². The van der Waals surface area contributed by atoms with Gasteiger partial charge in [-0.15, -0.1) is 0 Å². The molecule has 2 aromatic heterocycles. The fraction of sp³-hybridized carbons (Fsp3) is 0.250. The van der Waals surface area contributed by atoms with Gasteiger partial charge < -0.3 is 11.0 Å². The van der Waals surface area contributed by atoms with Crippen molar-refractivity contribution in [3.8, 4) is 0 Å². The summed E-state index contributed by atoms with van der Waals surface area (Å²) in [5, 5.41) is 0.914. The van der Waals surface area contributed by atoms with Crippen molar-refractivity contribution in [2.45, 2.75) is 0 Å². The first-order valence-electron chi connectivity index (χ1n) is 5.75. The molecule has 0 fully saturated rings. The third kappa shape index (κ3) is 8.97. The molecule has 0 aliphatic heterocycles. The first kappa shape index (κ1) is 16.6. The summed E-state index contributed by atoms with van der Waals surface area (Å²) in [6.07, 6.45) is 0. The van der Waals surface area contributed by atoms with Crippen LogP contribution in [-0.2, 0) is 0 Å². The molecule has 0 aromatic carbocycles. The second-order valence-electron chi connectivity index (χ2n) is 2.54. The number of nitrogens with one attached hydrogen (secondary N) is 1. The van der Waals surface area contributed by atoms with E-state index in [2.05, 4.69) is 29.9 Å². The van der Waals surface area contributed by atoms with Gasteiger partial charge in [0.25, 0.3) is 0 Å². The van der Waals surface area contributed by atoms with E-state index in [4.69, 9.17) is 60.8 Å². The van der Waals surface area contributed by atoms with Crippen LogP contribution in [-0.4, -0.2) is 44.0 Å². The summed E-state index contributed by atoms with van der Waals surface area (Å²) in [7, 11) is 3.00. The van der Waals surface area contributed by atoms with Crippen LogP contribution in [0.2, 0.25) is 29.2 Å². The Bertz CT molecular complexity index is 548. The smallest absolute Gasteiger partial charge is 0.228 e. The standard InChI is InChI=1S/C4H4Cl2N4.C3Cl3N3.CH5N/c1-7-4-9-2(5)8-3(6)10-4;4-1-7-2(5)9-3(6)8-1;1-2/h1H3,(H,7,8,9,10);;2H2,1H3/i/hD2. The van der Waals surface area contributed by atoms with E-state index in [0.717, 1.165) is 5.31 Å². The van der Waals surface area contributed by atoms with Crippen molar-refractivity contribution in [3.05, 3.63) is 26.4 Å². The SMILES string of the molecule is Clc1nc(Cl)nc(Cl)n1.[2H]N(C)c1nc(Cl)nc(Cl)n1.[2H]NC. The molecule has 3 N–H and O–H groups in total.